The van der Waals surface area contributed by atoms with Gasteiger partial charge in [0.05, 0.1) is 6.04 Å². The minimum absolute atomic E-state index is 0.477. The van der Waals surface area contributed by atoms with Crippen LogP contribution >= 0.6 is 11.3 Å². The van der Waals surface area contributed by atoms with Crippen molar-refractivity contribution in [2.45, 2.75) is 45.1 Å². The third-order valence-corrected chi connectivity index (χ3v) is 4.17. The molecule has 0 saturated heterocycles. The van der Waals surface area contributed by atoms with Crippen LogP contribution in [-0.4, -0.2) is 11.5 Å². The van der Waals surface area contributed by atoms with Crippen LogP contribution < -0.4 is 5.32 Å². The van der Waals surface area contributed by atoms with Gasteiger partial charge in [-0.15, -0.1) is 11.3 Å². The van der Waals surface area contributed by atoms with Gasteiger partial charge in [0.15, 0.2) is 0 Å². The third-order valence-electron chi connectivity index (χ3n) is 3.29. The Morgan fingerprint density at radius 2 is 2.33 bits per heavy atom. The van der Waals surface area contributed by atoms with E-state index in [9.17, 15) is 0 Å². The average Bonchev–Trinajstić information content (AvgIpc) is 2.90. The first-order valence-corrected chi connectivity index (χ1v) is 6.91. The largest absolute Gasteiger partial charge is 0.308 e. The molecule has 1 N–H and O–H groups in total. The minimum Gasteiger partial charge on any atom is -0.308 e. The molecule has 1 unspecified atom stereocenters. The van der Waals surface area contributed by atoms with Crippen molar-refractivity contribution >= 4 is 11.3 Å². The molecule has 0 amide bonds. The standard InChI is InChI=1S/C12H20N2S/c1-2-11(12-13-7-8-15-12)14-9-10-5-3-4-6-10/h7-8,10-11,14H,2-6,9H2,1H3. The maximum atomic E-state index is 4.39. The molecule has 0 aliphatic heterocycles. The normalized spacial score (nSPS) is 19.5. The molecule has 1 aliphatic rings. The van der Waals surface area contributed by atoms with Crippen molar-refractivity contribution in [1.82, 2.24) is 10.3 Å². The number of hydrogen-bond donors (Lipinski definition) is 1. The van der Waals surface area contributed by atoms with Gasteiger partial charge < -0.3 is 5.32 Å². The summed E-state index contributed by atoms with van der Waals surface area (Å²) >= 11 is 1.76. The summed E-state index contributed by atoms with van der Waals surface area (Å²) in [7, 11) is 0. The molecule has 0 bridgehead atoms. The quantitative estimate of drug-likeness (QED) is 0.829. The van der Waals surface area contributed by atoms with E-state index in [1.54, 1.807) is 11.3 Å². The number of aromatic nitrogens is 1. The summed E-state index contributed by atoms with van der Waals surface area (Å²) in [6.45, 7) is 3.41. The van der Waals surface area contributed by atoms with Crippen molar-refractivity contribution in [3.05, 3.63) is 16.6 Å². The molecule has 1 aliphatic carbocycles. The summed E-state index contributed by atoms with van der Waals surface area (Å²) in [4.78, 5) is 4.39. The fourth-order valence-corrected chi connectivity index (χ4v) is 3.13. The molecule has 84 valence electrons. The highest BCUT2D eigenvalue weighted by Gasteiger charge is 2.17. The average molecular weight is 224 g/mol. The minimum atomic E-state index is 0.477. The molecule has 2 nitrogen and oxygen atoms in total. The lowest BCUT2D eigenvalue weighted by Crippen LogP contribution is -2.25. The molecular weight excluding hydrogens is 204 g/mol. The van der Waals surface area contributed by atoms with Gasteiger partial charge in [-0.2, -0.15) is 0 Å². The van der Waals surface area contributed by atoms with E-state index in [4.69, 9.17) is 0 Å². The molecule has 1 heterocycles. The predicted octanol–water partition coefficient (Wildman–Crippen LogP) is 3.37. The molecule has 0 spiro atoms. The van der Waals surface area contributed by atoms with Crippen LogP contribution in [0.1, 0.15) is 50.1 Å². The van der Waals surface area contributed by atoms with E-state index >= 15 is 0 Å². The Bertz CT molecular complexity index is 265. The third kappa shape index (κ3) is 3.02. The monoisotopic (exact) mass is 224 g/mol. The van der Waals surface area contributed by atoms with E-state index in [2.05, 4.69) is 22.6 Å². The van der Waals surface area contributed by atoms with E-state index in [1.807, 2.05) is 6.20 Å². The van der Waals surface area contributed by atoms with Gasteiger partial charge in [-0.3, -0.25) is 0 Å². The lowest BCUT2D eigenvalue weighted by Gasteiger charge is -2.17. The Morgan fingerprint density at radius 1 is 1.53 bits per heavy atom. The molecule has 0 aromatic carbocycles. The molecule has 3 heteroatoms. The van der Waals surface area contributed by atoms with Crippen LogP contribution in [0.3, 0.4) is 0 Å². The fourth-order valence-electron chi connectivity index (χ4n) is 2.34. The van der Waals surface area contributed by atoms with E-state index in [0.717, 1.165) is 12.3 Å². The summed E-state index contributed by atoms with van der Waals surface area (Å²) in [5.74, 6) is 0.916. The summed E-state index contributed by atoms with van der Waals surface area (Å²) in [6.07, 6.45) is 8.74. The van der Waals surface area contributed by atoms with Gasteiger partial charge in [-0.25, -0.2) is 4.98 Å². The lowest BCUT2D eigenvalue weighted by atomic mass is 10.1. The number of hydrogen-bond acceptors (Lipinski definition) is 3. The molecule has 1 aromatic heterocycles. The molecule has 15 heavy (non-hydrogen) atoms. The van der Waals surface area contributed by atoms with Gasteiger partial charge >= 0.3 is 0 Å². The highest BCUT2D eigenvalue weighted by molar-refractivity contribution is 7.09. The molecule has 1 fully saturated rings. The number of nitrogens with zero attached hydrogens (tertiary/aromatic N) is 1. The number of rotatable bonds is 5. The first-order valence-electron chi connectivity index (χ1n) is 6.03. The van der Waals surface area contributed by atoms with Gasteiger partial charge in [0.1, 0.15) is 5.01 Å². The van der Waals surface area contributed by atoms with Crippen LogP contribution in [0.15, 0.2) is 11.6 Å². The summed E-state index contributed by atoms with van der Waals surface area (Å²) in [6, 6.07) is 0.477. The summed E-state index contributed by atoms with van der Waals surface area (Å²) < 4.78 is 0. The van der Waals surface area contributed by atoms with Gasteiger partial charge in [0.25, 0.3) is 0 Å². The second-order valence-electron chi connectivity index (χ2n) is 4.39. The zero-order valence-electron chi connectivity index (χ0n) is 9.41. The van der Waals surface area contributed by atoms with Crippen molar-refractivity contribution < 1.29 is 0 Å². The van der Waals surface area contributed by atoms with Crippen molar-refractivity contribution in [3.8, 4) is 0 Å². The maximum Gasteiger partial charge on any atom is 0.109 e. The first kappa shape index (κ1) is 11.1. The van der Waals surface area contributed by atoms with Gasteiger partial charge in [-0.1, -0.05) is 19.8 Å². The second kappa shape index (κ2) is 5.61. The molecule has 1 aromatic rings. The molecule has 1 atom stereocenters. The predicted molar refractivity (Wildman–Crippen MR) is 65.1 cm³/mol. The van der Waals surface area contributed by atoms with Crippen molar-refractivity contribution in [2.24, 2.45) is 5.92 Å². The molecule has 0 radical (unpaired) electrons. The Kier molecular flexibility index (Phi) is 4.15. The van der Waals surface area contributed by atoms with E-state index in [-0.39, 0.29) is 0 Å². The van der Waals surface area contributed by atoms with Crippen LogP contribution in [-0.2, 0) is 0 Å². The van der Waals surface area contributed by atoms with Crippen LogP contribution in [0.4, 0.5) is 0 Å². The van der Waals surface area contributed by atoms with E-state index in [0.29, 0.717) is 6.04 Å². The zero-order chi connectivity index (χ0) is 10.5. The van der Waals surface area contributed by atoms with Crippen LogP contribution in [0.2, 0.25) is 0 Å². The molecular formula is C12H20N2S. The summed E-state index contributed by atoms with van der Waals surface area (Å²) in [5, 5.41) is 6.97. The Hall–Kier alpha value is -0.410. The molecule has 1 saturated carbocycles. The van der Waals surface area contributed by atoms with Gasteiger partial charge in [0.2, 0.25) is 0 Å². The summed E-state index contributed by atoms with van der Waals surface area (Å²) in [5.41, 5.74) is 0. The number of thiazole rings is 1. The topological polar surface area (TPSA) is 24.9 Å². The highest BCUT2D eigenvalue weighted by Crippen LogP contribution is 2.25. The smallest absolute Gasteiger partial charge is 0.109 e. The highest BCUT2D eigenvalue weighted by atomic mass is 32.1. The van der Waals surface area contributed by atoms with Crippen molar-refractivity contribution in [3.63, 3.8) is 0 Å². The number of nitrogens with one attached hydrogen (secondary N) is 1. The second-order valence-corrected chi connectivity index (χ2v) is 5.32. The fraction of sp³-hybridized carbons (Fsp3) is 0.750. The van der Waals surface area contributed by atoms with E-state index in [1.165, 1.54) is 37.2 Å². The van der Waals surface area contributed by atoms with Crippen LogP contribution in [0.25, 0.3) is 0 Å². The Labute approximate surface area is 96.1 Å². The van der Waals surface area contributed by atoms with Gasteiger partial charge in [-0.05, 0) is 31.7 Å². The van der Waals surface area contributed by atoms with Crippen LogP contribution in [0, 0.1) is 5.92 Å². The van der Waals surface area contributed by atoms with Crippen molar-refractivity contribution in [2.75, 3.05) is 6.54 Å². The Balaban J connectivity index is 1.80. The zero-order valence-corrected chi connectivity index (χ0v) is 10.2. The van der Waals surface area contributed by atoms with E-state index < -0.39 is 0 Å². The van der Waals surface area contributed by atoms with Crippen LogP contribution in [0.5, 0.6) is 0 Å². The first-order chi connectivity index (χ1) is 7.40. The SMILES string of the molecule is CCC(NCC1CCCC1)c1nccs1. The maximum absolute atomic E-state index is 4.39. The lowest BCUT2D eigenvalue weighted by molar-refractivity contribution is 0.430. The van der Waals surface area contributed by atoms with Gasteiger partial charge in [0, 0.05) is 11.6 Å². The van der Waals surface area contributed by atoms with Crippen molar-refractivity contribution in [1.29, 1.82) is 0 Å². The molecule has 2 rings (SSSR count). The Morgan fingerprint density at radius 3 is 2.93 bits per heavy atom.